The smallest absolute Gasteiger partial charge is 0.332 e. The number of aryl methyl sites for hydroxylation is 2. The van der Waals surface area contributed by atoms with Crippen molar-refractivity contribution in [2.75, 3.05) is 26.4 Å². The summed E-state index contributed by atoms with van der Waals surface area (Å²) in [6.07, 6.45) is 0. The first-order valence-electron chi connectivity index (χ1n) is 6.39. The summed E-state index contributed by atoms with van der Waals surface area (Å²) < 4.78 is 4.37. The van der Waals surface area contributed by atoms with Crippen LogP contribution in [0.3, 0.4) is 0 Å². The van der Waals surface area contributed by atoms with Crippen molar-refractivity contribution in [2.45, 2.75) is 5.16 Å². The summed E-state index contributed by atoms with van der Waals surface area (Å²) in [4.78, 5) is 29.8. The van der Waals surface area contributed by atoms with Gasteiger partial charge >= 0.3 is 5.69 Å². The number of nitrogens with one attached hydrogen (secondary N) is 1. The monoisotopic (exact) mass is 298 g/mol. The minimum atomic E-state index is -0.344. The van der Waals surface area contributed by atoms with Crippen LogP contribution in [0.2, 0.25) is 0 Å². The number of thioether (sulfide) groups is 1. The van der Waals surface area contributed by atoms with Crippen molar-refractivity contribution in [2.24, 2.45) is 21.1 Å². The molecule has 110 valence electrons. The quantitative estimate of drug-likeness (QED) is 0.677. The molecule has 0 saturated carbocycles. The van der Waals surface area contributed by atoms with E-state index in [-0.39, 0.29) is 11.2 Å². The Morgan fingerprint density at radius 2 is 1.75 bits per heavy atom. The molecule has 0 saturated heterocycles. The van der Waals surface area contributed by atoms with E-state index in [0.717, 1.165) is 22.0 Å². The first-order valence-corrected chi connectivity index (χ1v) is 7.37. The van der Waals surface area contributed by atoms with Gasteiger partial charge in [-0.05, 0) is 0 Å². The summed E-state index contributed by atoms with van der Waals surface area (Å²) in [6.45, 7) is 1.00. The number of hydrogen-bond acceptors (Lipinski definition) is 4. The lowest BCUT2D eigenvalue weighted by atomic mass is 10.5. The molecule has 7 nitrogen and oxygen atoms in total. The van der Waals surface area contributed by atoms with Crippen molar-refractivity contribution in [3.63, 3.8) is 0 Å². The van der Waals surface area contributed by atoms with E-state index < -0.39 is 0 Å². The minimum Gasteiger partial charge on any atom is -0.339 e. The van der Waals surface area contributed by atoms with E-state index in [0.29, 0.717) is 11.2 Å². The molecule has 2 rings (SSSR count). The topological polar surface area (TPSA) is 66.3 Å². The Labute approximate surface area is 120 Å². The zero-order valence-corrected chi connectivity index (χ0v) is 13.2. The summed E-state index contributed by atoms with van der Waals surface area (Å²) in [7, 11) is 9.15. The zero-order chi connectivity index (χ0) is 15.0. The van der Waals surface area contributed by atoms with E-state index >= 15 is 0 Å². The number of rotatable bonds is 4. The van der Waals surface area contributed by atoms with Crippen LogP contribution in [-0.4, -0.2) is 45.1 Å². The van der Waals surface area contributed by atoms with Crippen LogP contribution in [0.25, 0.3) is 11.2 Å². The average Bonchev–Trinajstić information content (AvgIpc) is 2.71. The predicted octanol–water partition coefficient (Wildman–Crippen LogP) is -1.79. The Morgan fingerprint density at radius 3 is 2.35 bits per heavy atom. The van der Waals surface area contributed by atoms with E-state index in [2.05, 4.69) is 19.1 Å². The van der Waals surface area contributed by atoms with Crippen LogP contribution in [0.1, 0.15) is 0 Å². The number of aromatic nitrogens is 4. The molecule has 0 atom stereocenters. The molecule has 0 aliphatic rings. The van der Waals surface area contributed by atoms with Crippen molar-refractivity contribution in [3.05, 3.63) is 20.8 Å². The minimum absolute atomic E-state index is 0.334. The van der Waals surface area contributed by atoms with Crippen molar-refractivity contribution >= 4 is 22.9 Å². The summed E-state index contributed by atoms with van der Waals surface area (Å²) in [5.74, 6) is 0.910. The van der Waals surface area contributed by atoms with Gasteiger partial charge in [-0.15, -0.1) is 0 Å². The van der Waals surface area contributed by atoms with Gasteiger partial charge < -0.3 is 9.47 Å². The fourth-order valence-electron chi connectivity index (χ4n) is 2.03. The van der Waals surface area contributed by atoms with Crippen LogP contribution in [0.4, 0.5) is 0 Å². The molecular formula is C12H20N5O2S+. The van der Waals surface area contributed by atoms with Crippen LogP contribution in [-0.2, 0) is 21.1 Å². The molecule has 2 heterocycles. The Kier molecular flexibility index (Phi) is 4.05. The third-order valence-corrected chi connectivity index (χ3v) is 4.29. The number of hydrogen-bond donors (Lipinski definition) is 1. The lowest BCUT2D eigenvalue weighted by Crippen LogP contribution is -3.06. The lowest BCUT2D eigenvalue weighted by Gasteiger charge is -2.07. The fraction of sp³-hybridized carbons (Fsp3) is 0.583. The highest BCUT2D eigenvalue weighted by molar-refractivity contribution is 7.99. The van der Waals surface area contributed by atoms with Gasteiger partial charge in [-0.2, -0.15) is 0 Å². The molecule has 8 heteroatoms. The van der Waals surface area contributed by atoms with Gasteiger partial charge in [-0.3, -0.25) is 13.9 Å². The van der Waals surface area contributed by atoms with Crippen molar-refractivity contribution in [1.82, 2.24) is 18.7 Å². The molecule has 20 heavy (non-hydrogen) atoms. The van der Waals surface area contributed by atoms with Gasteiger partial charge in [-0.1, -0.05) is 11.8 Å². The van der Waals surface area contributed by atoms with Crippen LogP contribution in [0.15, 0.2) is 14.7 Å². The van der Waals surface area contributed by atoms with Crippen LogP contribution in [0.5, 0.6) is 0 Å². The van der Waals surface area contributed by atoms with Gasteiger partial charge in [0.2, 0.25) is 0 Å². The largest absolute Gasteiger partial charge is 0.339 e. The molecule has 2 aromatic heterocycles. The summed E-state index contributed by atoms with van der Waals surface area (Å²) in [5.41, 5.74) is 0.234. The predicted molar refractivity (Wildman–Crippen MR) is 79.6 cm³/mol. The van der Waals surface area contributed by atoms with Gasteiger partial charge in [0.15, 0.2) is 16.3 Å². The number of fused-ring (bicyclic) bond motifs is 1. The Balaban J connectivity index is 2.53. The van der Waals surface area contributed by atoms with Crippen LogP contribution >= 0.6 is 11.8 Å². The Bertz CT molecular complexity index is 756. The second kappa shape index (κ2) is 5.45. The van der Waals surface area contributed by atoms with Crippen molar-refractivity contribution in [1.29, 1.82) is 0 Å². The second-order valence-corrected chi connectivity index (χ2v) is 6.20. The maximum Gasteiger partial charge on any atom is 0.332 e. The van der Waals surface area contributed by atoms with Gasteiger partial charge in [0.05, 0.1) is 26.4 Å². The standard InChI is InChI=1S/C12H19N5O2S/c1-14(2)6-7-20-11-13-8-9(15(11)3)16(4)12(19)17(5)10(8)18/h6-7H2,1-5H3/p+1. The van der Waals surface area contributed by atoms with E-state index in [1.807, 2.05) is 11.6 Å². The number of quaternary nitrogens is 1. The molecule has 1 N–H and O–H groups in total. The normalized spacial score (nSPS) is 11.7. The molecule has 0 spiro atoms. The average molecular weight is 298 g/mol. The molecular weight excluding hydrogens is 278 g/mol. The molecule has 0 amide bonds. The lowest BCUT2D eigenvalue weighted by molar-refractivity contribution is -0.855. The molecule has 0 fully saturated rings. The van der Waals surface area contributed by atoms with Crippen molar-refractivity contribution in [3.8, 4) is 0 Å². The fourth-order valence-corrected chi connectivity index (χ4v) is 3.16. The molecule has 2 aromatic rings. The third kappa shape index (κ3) is 2.40. The highest BCUT2D eigenvalue weighted by Gasteiger charge is 2.17. The summed E-state index contributed by atoms with van der Waals surface area (Å²) in [5, 5.41) is 0.763. The van der Waals surface area contributed by atoms with E-state index in [9.17, 15) is 9.59 Å². The SMILES string of the molecule is Cn1c(=O)c2nc(SCC[NH+](C)C)n(C)c2n(C)c1=O. The number of imidazole rings is 1. The molecule has 0 aliphatic carbocycles. The summed E-state index contributed by atoms with van der Waals surface area (Å²) >= 11 is 1.60. The number of nitrogens with zero attached hydrogens (tertiary/aromatic N) is 4. The van der Waals surface area contributed by atoms with E-state index in [4.69, 9.17) is 0 Å². The maximum absolute atomic E-state index is 12.1. The first kappa shape index (κ1) is 14.9. The van der Waals surface area contributed by atoms with Crippen LogP contribution < -0.4 is 16.1 Å². The van der Waals surface area contributed by atoms with E-state index in [1.165, 1.54) is 16.5 Å². The third-order valence-electron chi connectivity index (χ3n) is 3.26. The maximum atomic E-state index is 12.1. The molecule has 0 radical (unpaired) electrons. The van der Waals surface area contributed by atoms with Gasteiger partial charge in [0.1, 0.15) is 0 Å². The molecule has 0 unspecified atom stereocenters. The van der Waals surface area contributed by atoms with Crippen molar-refractivity contribution < 1.29 is 4.90 Å². The highest BCUT2D eigenvalue weighted by atomic mass is 32.2. The molecule has 0 aliphatic heterocycles. The van der Waals surface area contributed by atoms with Gasteiger partial charge in [0.25, 0.3) is 5.56 Å². The first-order chi connectivity index (χ1) is 9.34. The highest BCUT2D eigenvalue weighted by Crippen LogP contribution is 2.19. The zero-order valence-electron chi connectivity index (χ0n) is 12.4. The Morgan fingerprint density at radius 1 is 1.10 bits per heavy atom. The second-order valence-electron chi connectivity index (χ2n) is 5.14. The van der Waals surface area contributed by atoms with Gasteiger partial charge in [0, 0.05) is 21.1 Å². The van der Waals surface area contributed by atoms with E-state index in [1.54, 1.807) is 18.8 Å². The summed E-state index contributed by atoms with van der Waals surface area (Å²) in [6, 6.07) is 0. The Hall–Kier alpha value is -1.54. The molecule has 0 aromatic carbocycles. The van der Waals surface area contributed by atoms with Gasteiger partial charge in [-0.25, -0.2) is 9.78 Å². The van der Waals surface area contributed by atoms with Crippen LogP contribution in [0, 0.1) is 0 Å². The molecule has 0 bridgehead atoms.